The molecule has 25 heavy (non-hydrogen) atoms. The Morgan fingerprint density at radius 1 is 1.20 bits per heavy atom. The second kappa shape index (κ2) is 8.15. The smallest absolute Gasteiger partial charge is 0.416 e. The van der Waals surface area contributed by atoms with E-state index in [2.05, 4.69) is 5.32 Å². The first-order valence-electron chi connectivity index (χ1n) is 7.44. The molecule has 1 aromatic carbocycles. The zero-order chi connectivity index (χ0) is 18.4. The number of hydrogen-bond acceptors (Lipinski definition) is 4. The van der Waals surface area contributed by atoms with Crippen LogP contribution in [0.2, 0.25) is 0 Å². The first-order chi connectivity index (χ1) is 11.8. The van der Waals surface area contributed by atoms with Crippen molar-refractivity contribution in [1.29, 1.82) is 0 Å². The number of esters is 1. The first-order valence-corrected chi connectivity index (χ1v) is 8.38. The molecule has 134 valence electrons. The number of thiophene rings is 1. The van der Waals surface area contributed by atoms with Crippen LogP contribution in [0.3, 0.4) is 0 Å². The lowest BCUT2D eigenvalue weighted by Crippen LogP contribution is -2.30. The second-order valence-electron chi connectivity index (χ2n) is 5.33. The largest absolute Gasteiger partial charge is 0.453 e. The Kier molecular flexibility index (Phi) is 6.19. The molecule has 1 atom stereocenters. The highest BCUT2D eigenvalue weighted by Crippen LogP contribution is 2.29. The lowest BCUT2D eigenvalue weighted by molar-refractivity contribution is -0.153. The third-order valence-electron chi connectivity index (χ3n) is 3.36. The molecule has 1 N–H and O–H groups in total. The van der Waals surface area contributed by atoms with Crippen LogP contribution in [0.4, 0.5) is 18.9 Å². The Morgan fingerprint density at radius 3 is 2.44 bits per heavy atom. The van der Waals surface area contributed by atoms with Gasteiger partial charge in [-0.05, 0) is 60.0 Å². The Balaban J connectivity index is 1.82. The Bertz CT molecular complexity index is 712. The van der Waals surface area contributed by atoms with Crippen molar-refractivity contribution < 1.29 is 27.5 Å². The van der Waals surface area contributed by atoms with E-state index in [0.29, 0.717) is 6.42 Å². The summed E-state index contributed by atoms with van der Waals surface area (Å²) in [5.74, 6) is -1.12. The minimum atomic E-state index is -4.44. The van der Waals surface area contributed by atoms with Crippen LogP contribution in [0, 0.1) is 0 Å². The number of amides is 1. The van der Waals surface area contributed by atoms with E-state index >= 15 is 0 Å². The van der Waals surface area contributed by atoms with Crippen molar-refractivity contribution in [3.63, 3.8) is 0 Å². The van der Waals surface area contributed by atoms with Crippen molar-refractivity contribution in [2.75, 3.05) is 5.32 Å². The summed E-state index contributed by atoms with van der Waals surface area (Å²) in [5.41, 5.74) is 0.404. The Hall–Kier alpha value is -2.35. The van der Waals surface area contributed by atoms with Crippen molar-refractivity contribution >= 4 is 28.9 Å². The van der Waals surface area contributed by atoms with Gasteiger partial charge in [0, 0.05) is 12.1 Å². The predicted molar refractivity (Wildman–Crippen MR) is 88.3 cm³/mol. The molecule has 0 aliphatic heterocycles. The summed E-state index contributed by atoms with van der Waals surface area (Å²) in [5, 5.41) is 6.24. The van der Waals surface area contributed by atoms with E-state index in [9.17, 15) is 22.8 Å². The van der Waals surface area contributed by atoms with Crippen molar-refractivity contribution in [3.8, 4) is 0 Å². The topological polar surface area (TPSA) is 55.4 Å². The minimum Gasteiger partial charge on any atom is -0.453 e. The molecule has 0 saturated heterocycles. The summed E-state index contributed by atoms with van der Waals surface area (Å²) >= 11 is 1.53. The van der Waals surface area contributed by atoms with Crippen LogP contribution in [0.5, 0.6) is 0 Å². The lowest BCUT2D eigenvalue weighted by atomic mass is 10.2. The van der Waals surface area contributed by atoms with Crippen LogP contribution in [0.1, 0.15) is 24.5 Å². The summed E-state index contributed by atoms with van der Waals surface area (Å²) in [6.07, 6.45) is -4.81. The van der Waals surface area contributed by atoms with Gasteiger partial charge in [0.2, 0.25) is 0 Å². The van der Waals surface area contributed by atoms with Gasteiger partial charge in [0.05, 0.1) is 5.56 Å². The van der Waals surface area contributed by atoms with Gasteiger partial charge >= 0.3 is 12.1 Å². The monoisotopic (exact) mass is 371 g/mol. The van der Waals surface area contributed by atoms with E-state index in [4.69, 9.17) is 4.74 Å². The number of nitrogens with one attached hydrogen (secondary N) is 1. The molecule has 0 aliphatic carbocycles. The molecule has 8 heteroatoms. The Morgan fingerprint density at radius 2 is 1.88 bits per heavy atom. The van der Waals surface area contributed by atoms with Gasteiger partial charge in [0.1, 0.15) is 0 Å². The SMILES string of the molecule is C[C@H](OC(=O)CCc1ccsc1)C(=O)Nc1ccc(C(F)(F)F)cc1. The third kappa shape index (κ3) is 5.90. The summed E-state index contributed by atoms with van der Waals surface area (Å²) < 4.78 is 42.5. The van der Waals surface area contributed by atoms with Crippen molar-refractivity contribution in [2.24, 2.45) is 0 Å². The van der Waals surface area contributed by atoms with Crippen LogP contribution in [0.25, 0.3) is 0 Å². The molecule has 4 nitrogen and oxygen atoms in total. The molecule has 0 aliphatic rings. The molecule has 1 heterocycles. The fraction of sp³-hybridized carbons (Fsp3) is 0.294. The average Bonchev–Trinajstić information content (AvgIpc) is 3.06. The van der Waals surface area contributed by atoms with E-state index in [1.807, 2.05) is 16.8 Å². The first kappa shape index (κ1) is 19.0. The van der Waals surface area contributed by atoms with Crippen LogP contribution in [-0.4, -0.2) is 18.0 Å². The maximum atomic E-state index is 12.5. The molecular formula is C17H16F3NO3S. The molecule has 2 aromatic rings. The number of anilines is 1. The van der Waals surface area contributed by atoms with Gasteiger partial charge in [-0.3, -0.25) is 9.59 Å². The average molecular weight is 371 g/mol. The fourth-order valence-electron chi connectivity index (χ4n) is 1.98. The number of benzene rings is 1. The quantitative estimate of drug-likeness (QED) is 0.772. The van der Waals surface area contributed by atoms with Gasteiger partial charge in [-0.25, -0.2) is 0 Å². The molecule has 0 fully saturated rings. The molecule has 1 amide bonds. The van der Waals surface area contributed by atoms with Gasteiger partial charge in [-0.15, -0.1) is 0 Å². The highest BCUT2D eigenvalue weighted by molar-refractivity contribution is 7.07. The van der Waals surface area contributed by atoms with Crippen LogP contribution >= 0.6 is 11.3 Å². The molecule has 0 spiro atoms. The molecule has 0 radical (unpaired) electrons. The van der Waals surface area contributed by atoms with E-state index < -0.39 is 29.7 Å². The van der Waals surface area contributed by atoms with Crippen LogP contribution < -0.4 is 5.32 Å². The van der Waals surface area contributed by atoms with Gasteiger partial charge in [0.25, 0.3) is 5.91 Å². The number of carbonyl (C=O) groups excluding carboxylic acids is 2. The van der Waals surface area contributed by atoms with Crippen molar-refractivity contribution in [1.82, 2.24) is 0 Å². The van der Waals surface area contributed by atoms with Crippen LogP contribution in [0.15, 0.2) is 41.1 Å². The van der Waals surface area contributed by atoms with Crippen molar-refractivity contribution in [2.45, 2.75) is 32.0 Å². The van der Waals surface area contributed by atoms with Gasteiger partial charge in [-0.1, -0.05) is 0 Å². The minimum absolute atomic E-state index is 0.147. The number of halogens is 3. The zero-order valence-electron chi connectivity index (χ0n) is 13.3. The number of rotatable bonds is 6. The highest BCUT2D eigenvalue weighted by Gasteiger charge is 2.30. The molecule has 2 rings (SSSR count). The maximum absolute atomic E-state index is 12.5. The maximum Gasteiger partial charge on any atom is 0.416 e. The fourth-order valence-corrected chi connectivity index (χ4v) is 2.68. The number of ether oxygens (including phenoxy) is 1. The summed E-state index contributed by atoms with van der Waals surface area (Å²) in [4.78, 5) is 23.7. The Labute approximate surface area is 146 Å². The zero-order valence-corrected chi connectivity index (χ0v) is 14.1. The molecule has 0 unspecified atom stereocenters. The van der Waals surface area contributed by atoms with Gasteiger partial charge in [-0.2, -0.15) is 24.5 Å². The highest BCUT2D eigenvalue weighted by atomic mass is 32.1. The number of hydrogen-bond donors (Lipinski definition) is 1. The number of alkyl halides is 3. The van der Waals surface area contributed by atoms with E-state index in [-0.39, 0.29) is 12.1 Å². The van der Waals surface area contributed by atoms with E-state index in [1.54, 1.807) is 0 Å². The molecule has 1 aromatic heterocycles. The van der Waals surface area contributed by atoms with Gasteiger partial charge < -0.3 is 10.1 Å². The summed E-state index contributed by atoms with van der Waals surface area (Å²) in [6, 6.07) is 5.93. The summed E-state index contributed by atoms with van der Waals surface area (Å²) in [7, 11) is 0. The lowest BCUT2D eigenvalue weighted by Gasteiger charge is -2.14. The number of carbonyl (C=O) groups is 2. The standard InChI is InChI=1S/C17H16F3NO3S/c1-11(24-15(22)7-2-12-8-9-25-10-12)16(23)21-14-5-3-13(4-6-14)17(18,19)20/h3-6,8-11H,2,7H2,1H3,(H,21,23)/t11-/m0/s1. The number of aryl methyl sites for hydroxylation is 1. The molecule has 0 bridgehead atoms. The second-order valence-corrected chi connectivity index (χ2v) is 6.11. The van der Waals surface area contributed by atoms with Gasteiger partial charge in [0.15, 0.2) is 6.10 Å². The molecule has 0 saturated carbocycles. The van der Waals surface area contributed by atoms with Crippen molar-refractivity contribution in [3.05, 3.63) is 52.2 Å². The van der Waals surface area contributed by atoms with E-state index in [0.717, 1.165) is 29.8 Å². The van der Waals surface area contributed by atoms with Crippen LogP contribution in [-0.2, 0) is 26.9 Å². The predicted octanol–water partition coefficient (Wildman–Crippen LogP) is 4.27. The summed E-state index contributed by atoms with van der Waals surface area (Å²) in [6.45, 7) is 1.40. The normalized spacial score (nSPS) is 12.5. The molecular weight excluding hydrogens is 355 g/mol. The van der Waals surface area contributed by atoms with E-state index in [1.165, 1.54) is 18.3 Å². The third-order valence-corrected chi connectivity index (χ3v) is 4.09.